The number of pyridine rings is 1. The van der Waals surface area contributed by atoms with E-state index in [9.17, 15) is 0 Å². The van der Waals surface area contributed by atoms with E-state index in [0.717, 1.165) is 18.5 Å². The quantitative estimate of drug-likeness (QED) is 0.774. The summed E-state index contributed by atoms with van der Waals surface area (Å²) >= 11 is 0. The van der Waals surface area contributed by atoms with Crippen LogP contribution in [-0.2, 0) is 9.47 Å². The average Bonchev–Trinajstić information content (AvgIpc) is 2.81. The summed E-state index contributed by atoms with van der Waals surface area (Å²) in [5.41, 5.74) is 2.19. The van der Waals surface area contributed by atoms with Crippen molar-refractivity contribution in [2.45, 2.75) is 63.9 Å². The molecule has 1 aromatic heterocycles. The maximum Gasteiger partial charge on any atom is 0.169 e. The Morgan fingerprint density at radius 2 is 2.00 bits per heavy atom. The molecule has 2 heterocycles. The van der Waals surface area contributed by atoms with Crippen molar-refractivity contribution in [2.24, 2.45) is 0 Å². The first-order valence-corrected chi connectivity index (χ1v) is 8.31. The highest BCUT2D eigenvalue weighted by atomic mass is 16.8. The normalized spacial score (nSPS) is 28.1. The lowest BCUT2D eigenvalue weighted by Gasteiger charge is -2.31. The van der Waals surface area contributed by atoms with Gasteiger partial charge in [0.05, 0.1) is 11.8 Å². The monoisotopic (exact) mass is 299 g/mol. The molecule has 0 unspecified atom stereocenters. The fourth-order valence-corrected chi connectivity index (χ4v) is 3.29. The van der Waals surface area contributed by atoms with E-state index in [1.165, 1.54) is 24.8 Å². The summed E-state index contributed by atoms with van der Waals surface area (Å²) in [6.07, 6.45) is 16.0. The fraction of sp³-hybridized carbons (Fsp3) is 0.526. The van der Waals surface area contributed by atoms with Crippen LogP contribution in [0, 0.1) is 6.92 Å². The van der Waals surface area contributed by atoms with Gasteiger partial charge in [-0.05, 0) is 44.4 Å². The Kier molecular flexibility index (Phi) is 4.74. The molecule has 1 spiro atoms. The molecule has 3 heteroatoms. The zero-order valence-corrected chi connectivity index (χ0v) is 13.5. The summed E-state index contributed by atoms with van der Waals surface area (Å²) in [5.74, 6) is -0.312. The molecule has 22 heavy (non-hydrogen) atoms. The molecular weight excluding hydrogens is 274 g/mol. The number of aryl methyl sites for hydroxylation is 1. The van der Waals surface area contributed by atoms with Gasteiger partial charge in [-0.25, -0.2) is 0 Å². The SMILES string of the molecule is Cc1cccnc1/C=C/C=C/[C@H]1OC2(CCCCC2)O[C@H]1C. The van der Waals surface area contributed by atoms with Gasteiger partial charge in [-0.2, -0.15) is 0 Å². The van der Waals surface area contributed by atoms with E-state index in [2.05, 4.69) is 31.0 Å². The van der Waals surface area contributed by atoms with Crippen LogP contribution in [0.1, 0.15) is 50.3 Å². The third-order valence-corrected chi connectivity index (χ3v) is 4.55. The number of aromatic nitrogens is 1. The van der Waals surface area contributed by atoms with E-state index in [-0.39, 0.29) is 18.0 Å². The topological polar surface area (TPSA) is 31.4 Å². The number of rotatable bonds is 3. The summed E-state index contributed by atoms with van der Waals surface area (Å²) in [5, 5.41) is 0. The van der Waals surface area contributed by atoms with Gasteiger partial charge >= 0.3 is 0 Å². The fourth-order valence-electron chi connectivity index (χ4n) is 3.29. The standard InChI is InChI=1S/C19H25NO2/c1-15-9-8-14-20-17(15)10-4-5-11-18-16(2)21-19(22-18)12-6-3-7-13-19/h4-5,8-11,14,16,18H,3,6-7,12-13H2,1-2H3/b10-4+,11-5+/t16-,18+/m0/s1. The zero-order valence-electron chi connectivity index (χ0n) is 13.5. The Morgan fingerprint density at radius 3 is 2.77 bits per heavy atom. The lowest BCUT2D eigenvalue weighted by molar-refractivity contribution is -0.189. The Morgan fingerprint density at radius 1 is 1.18 bits per heavy atom. The predicted octanol–water partition coefficient (Wildman–Crippen LogP) is 4.42. The lowest BCUT2D eigenvalue weighted by Crippen LogP contribution is -2.33. The Balaban J connectivity index is 1.60. The van der Waals surface area contributed by atoms with Crippen LogP contribution < -0.4 is 0 Å². The van der Waals surface area contributed by atoms with Crippen LogP contribution in [0.25, 0.3) is 6.08 Å². The molecule has 2 aliphatic rings. The van der Waals surface area contributed by atoms with Gasteiger partial charge in [0.2, 0.25) is 0 Å². The molecule has 1 saturated carbocycles. The Hall–Kier alpha value is -1.45. The molecule has 3 nitrogen and oxygen atoms in total. The molecular formula is C19H25NO2. The summed E-state index contributed by atoms with van der Waals surface area (Å²) in [6, 6.07) is 4.02. The predicted molar refractivity (Wildman–Crippen MR) is 88.4 cm³/mol. The van der Waals surface area contributed by atoms with Crippen molar-refractivity contribution in [3.05, 3.63) is 47.8 Å². The highest BCUT2D eigenvalue weighted by Gasteiger charge is 2.45. The molecule has 1 saturated heterocycles. The van der Waals surface area contributed by atoms with Crippen LogP contribution in [0.5, 0.6) is 0 Å². The second-order valence-electron chi connectivity index (χ2n) is 6.33. The van der Waals surface area contributed by atoms with Gasteiger partial charge < -0.3 is 9.47 Å². The molecule has 1 aromatic rings. The Bertz CT molecular complexity index is 558. The molecule has 2 fully saturated rings. The summed E-state index contributed by atoms with van der Waals surface area (Å²) in [6.45, 7) is 4.17. The second-order valence-corrected chi connectivity index (χ2v) is 6.33. The summed E-state index contributed by atoms with van der Waals surface area (Å²) < 4.78 is 12.3. The van der Waals surface area contributed by atoms with Crippen LogP contribution in [0.15, 0.2) is 36.6 Å². The van der Waals surface area contributed by atoms with Crippen molar-refractivity contribution in [3.8, 4) is 0 Å². The summed E-state index contributed by atoms with van der Waals surface area (Å²) in [7, 11) is 0. The van der Waals surface area contributed by atoms with Crippen molar-refractivity contribution in [3.63, 3.8) is 0 Å². The third-order valence-electron chi connectivity index (χ3n) is 4.55. The molecule has 2 atom stereocenters. The smallest absolute Gasteiger partial charge is 0.169 e. The van der Waals surface area contributed by atoms with Gasteiger partial charge in [0.25, 0.3) is 0 Å². The zero-order chi connectivity index (χ0) is 15.4. The molecule has 118 valence electrons. The molecule has 1 aliphatic carbocycles. The van der Waals surface area contributed by atoms with Crippen LogP contribution in [0.2, 0.25) is 0 Å². The molecule has 1 aliphatic heterocycles. The van der Waals surface area contributed by atoms with Crippen molar-refractivity contribution in [1.29, 1.82) is 0 Å². The highest BCUT2D eigenvalue weighted by molar-refractivity contribution is 5.50. The number of nitrogens with zero attached hydrogens (tertiary/aromatic N) is 1. The van der Waals surface area contributed by atoms with Crippen molar-refractivity contribution in [1.82, 2.24) is 4.98 Å². The van der Waals surface area contributed by atoms with Gasteiger partial charge in [-0.3, -0.25) is 4.98 Å². The third kappa shape index (κ3) is 3.47. The minimum atomic E-state index is -0.312. The van der Waals surface area contributed by atoms with Gasteiger partial charge in [-0.1, -0.05) is 30.7 Å². The number of ether oxygens (including phenoxy) is 2. The minimum absolute atomic E-state index is 0.0487. The van der Waals surface area contributed by atoms with E-state index in [0.29, 0.717) is 0 Å². The van der Waals surface area contributed by atoms with Crippen LogP contribution >= 0.6 is 0 Å². The molecule has 0 aromatic carbocycles. The Labute approximate surface area is 133 Å². The van der Waals surface area contributed by atoms with Gasteiger partial charge in [0, 0.05) is 19.0 Å². The van der Waals surface area contributed by atoms with Crippen LogP contribution in [0.4, 0.5) is 0 Å². The van der Waals surface area contributed by atoms with E-state index in [1.54, 1.807) is 0 Å². The molecule has 0 bridgehead atoms. The molecule has 0 amide bonds. The maximum absolute atomic E-state index is 6.22. The molecule has 0 radical (unpaired) electrons. The lowest BCUT2D eigenvalue weighted by atomic mass is 9.94. The van der Waals surface area contributed by atoms with Crippen molar-refractivity contribution in [2.75, 3.05) is 0 Å². The largest absolute Gasteiger partial charge is 0.344 e. The molecule has 0 N–H and O–H groups in total. The first kappa shape index (κ1) is 15.4. The molecule has 3 rings (SSSR count). The summed E-state index contributed by atoms with van der Waals surface area (Å²) in [4.78, 5) is 4.35. The van der Waals surface area contributed by atoms with Crippen molar-refractivity contribution >= 4 is 6.08 Å². The number of hydrogen-bond acceptors (Lipinski definition) is 3. The van der Waals surface area contributed by atoms with Crippen molar-refractivity contribution < 1.29 is 9.47 Å². The number of allylic oxidation sites excluding steroid dienone is 2. The minimum Gasteiger partial charge on any atom is -0.344 e. The van der Waals surface area contributed by atoms with E-state index < -0.39 is 0 Å². The average molecular weight is 299 g/mol. The van der Waals surface area contributed by atoms with E-state index in [1.807, 2.05) is 30.5 Å². The van der Waals surface area contributed by atoms with Crippen LogP contribution in [-0.4, -0.2) is 23.0 Å². The van der Waals surface area contributed by atoms with Gasteiger partial charge in [0.1, 0.15) is 6.10 Å². The van der Waals surface area contributed by atoms with E-state index >= 15 is 0 Å². The van der Waals surface area contributed by atoms with Gasteiger partial charge in [0.15, 0.2) is 5.79 Å². The highest BCUT2D eigenvalue weighted by Crippen LogP contribution is 2.40. The second kappa shape index (κ2) is 6.76. The maximum atomic E-state index is 6.22. The van der Waals surface area contributed by atoms with E-state index in [4.69, 9.17) is 9.47 Å². The first-order valence-electron chi connectivity index (χ1n) is 8.31. The van der Waals surface area contributed by atoms with Gasteiger partial charge in [-0.15, -0.1) is 0 Å². The number of hydrogen-bond donors (Lipinski definition) is 0. The first-order chi connectivity index (χ1) is 10.7. The van der Waals surface area contributed by atoms with Crippen LogP contribution in [0.3, 0.4) is 0 Å².